The third-order valence-corrected chi connectivity index (χ3v) is 9.63. The summed E-state index contributed by atoms with van der Waals surface area (Å²) in [7, 11) is 0. The quantitative estimate of drug-likeness (QED) is 0.300. The van der Waals surface area contributed by atoms with Gasteiger partial charge in [0.05, 0.1) is 5.56 Å². The fourth-order valence-electron chi connectivity index (χ4n) is 8.20. The van der Waals surface area contributed by atoms with Crippen LogP contribution in [0.5, 0.6) is 5.75 Å². The van der Waals surface area contributed by atoms with E-state index in [-0.39, 0.29) is 30.1 Å². The highest BCUT2D eigenvalue weighted by molar-refractivity contribution is 6.30. The van der Waals surface area contributed by atoms with E-state index in [0.717, 1.165) is 41.3 Å². The molecule has 1 aliphatic carbocycles. The number of rotatable bonds is 1. The first kappa shape index (κ1) is 21.6. The van der Waals surface area contributed by atoms with Crippen molar-refractivity contribution >= 4 is 33.9 Å². The molecule has 0 N–H and O–H groups in total. The minimum absolute atomic E-state index is 0.00172. The fourth-order valence-corrected chi connectivity index (χ4v) is 8.32. The molecule has 4 aromatic rings. The summed E-state index contributed by atoms with van der Waals surface area (Å²) in [6.07, 6.45) is 1.91. The average molecular weight is 506 g/mol. The number of ketones is 2. The van der Waals surface area contributed by atoms with Crippen molar-refractivity contribution < 1.29 is 14.3 Å². The van der Waals surface area contributed by atoms with Gasteiger partial charge in [0.15, 0.2) is 11.6 Å². The molecule has 2 unspecified atom stereocenters. The lowest BCUT2D eigenvalue weighted by Gasteiger charge is -2.49. The van der Waals surface area contributed by atoms with E-state index in [9.17, 15) is 4.79 Å². The molecule has 0 aromatic heterocycles. The lowest BCUT2D eigenvalue weighted by atomic mass is 9.55. The van der Waals surface area contributed by atoms with Gasteiger partial charge in [-0.1, -0.05) is 72.3 Å². The van der Waals surface area contributed by atoms with Crippen LogP contribution in [0, 0.1) is 5.41 Å². The summed E-state index contributed by atoms with van der Waals surface area (Å²) in [6, 6.07) is 27.5. The molecule has 0 saturated carbocycles. The summed E-state index contributed by atoms with van der Waals surface area (Å²) < 4.78 is 6.48. The Balaban J connectivity index is 1.50. The minimum Gasteiger partial charge on any atom is -0.492 e. The number of carbonyl (C=O) groups is 2. The Hall–Kier alpha value is -3.47. The molecule has 4 nitrogen and oxygen atoms in total. The standard InChI is InChI=1S/C32H24ClNO3/c33-21-15-13-20(14-16-21)28-25-11-5-17-34(25)32(31(28)18-37-26-12-2-1-8-22(26)29(31)35)24-10-4-7-19-6-3-9-23(27(19)24)30(32)36/h1-4,6-10,12-16,25,28H,5,11,17-18H2/t25?,28-,31-,32?/m1/s1. The van der Waals surface area contributed by atoms with Crippen molar-refractivity contribution in [3.63, 3.8) is 0 Å². The predicted molar refractivity (Wildman–Crippen MR) is 143 cm³/mol. The third kappa shape index (κ3) is 2.39. The zero-order valence-corrected chi connectivity index (χ0v) is 20.9. The summed E-state index contributed by atoms with van der Waals surface area (Å²) in [5.74, 6) is 0.402. The van der Waals surface area contributed by atoms with Crippen LogP contribution < -0.4 is 4.74 Å². The monoisotopic (exact) mass is 505 g/mol. The number of para-hydroxylation sites is 1. The number of ether oxygens (including phenoxy) is 1. The van der Waals surface area contributed by atoms with Gasteiger partial charge in [-0.3, -0.25) is 14.5 Å². The van der Waals surface area contributed by atoms with Gasteiger partial charge in [-0.25, -0.2) is 0 Å². The Morgan fingerprint density at radius 3 is 2.43 bits per heavy atom. The Morgan fingerprint density at radius 2 is 1.59 bits per heavy atom. The second-order valence-corrected chi connectivity index (χ2v) is 11.2. The van der Waals surface area contributed by atoms with E-state index < -0.39 is 11.0 Å². The van der Waals surface area contributed by atoms with Gasteiger partial charge in [0.1, 0.15) is 23.3 Å². The summed E-state index contributed by atoms with van der Waals surface area (Å²) >= 11 is 6.30. The molecule has 2 saturated heterocycles. The average Bonchev–Trinajstić information content (AvgIpc) is 3.56. The second kappa shape index (κ2) is 7.31. The molecule has 0 amide bonds. The number of benzene rings is 4. The van der Waals surface area contributed by atoms with E-state index in [1.165, 1.54) is 0 Å². The van der Waals surface area contributed by atoms with Gasteiger partial charge in [0.25, 0.3) is 0 Å². The number of hydrogen-bond donors (Lipinski definition) is 0. The van der Waals surface area contributed by atoms with Gasteiger partial charge in [-0.2, -0.15) is 0 Å². The summed E-state index contributed by atoms with van der Waals surface area (Å²) in [4.78, 5) is 32.3. The molecule has 182 valence electrons. The fraction of sp³-hybridized carbons (Fsp3) is 0.250. The van der Waals surface area contributed by atoms with Crippen LogP contribution in [-0.4, -0.2) is 35.7 Å². The second-order valence-electron chi connectivity index (χ2n) is 10.8. The summed E-state index contributed by atoms with van der Waals surface area (Å²) in [5.41, 5.74) is 0.998. The van der Waals surface area contributed by atoms with Crippen molar-refractivity contribution in [2.24, 2.45) is 5.41 Å². The molecule has 3 heterocycles. The zero-order chi connectivity index (χ0) is 24.9. The van der Waals surface area contributed by atoms with E-state index in [4.69, 9.17) is 16.3 Å². The number of carbonyl (C=O) groups excluding carboxylic acids is 2. The third-order valence-electron chi connectivity index (χ3n) is 9.38. The molecule has 37 heavy (non-hydrogen) atoms. The molecule has 4 aliphatic rings. The molecular formula is C32H24ClNO3. The molecule has 8 rings (SSSR count). The smallest absolute Gasteiger partial charge is 0.189 e. The van der Waals surface area contributed by atoms with Gasteiger partial charge in [-0.05, 0) is 65.6 Å². The topological polar surface area (TPSA) is 46.6 Å². The van der Waals surface area contributed by atoms with Gasteiger partial charge in [0.2, 0.25) is 0 Å². The molecule has 4 aromatic carbocycles. The van der Waals surface area contributed by atoms with E-state index in [2.05, 4.69) is 23.1 Å². The summed E-state index contributed by atoms with van der Waals surface area (Å²) in [5, 5.41) is 2.66. The lowest BCUT2D eigenvalue weighted by molar-refractivity contribution is 0.00386. The lowest BCUT2D eigenvalue weighted by Crippen LogP contribution is -2.62. The van der Waals surface area contributed by atoms with Crippen LogP contribution in [0.4, 0.5) is 0 Å². The van der Waals surface area contributed by atoms with Crippen molar-refractivity contribution in [1.82, 2.24) is 4.90 Å². The first-order valence-corrected chi connectivity index (χ1v) is 13.3. The van der Waals surface area contributed by atoms with Crippen LogP contribution in [-0.2, 0) is 5.54 Å². The maximum atomic E-state index is 15.0. The molecular weight excluding hydrogens is 482 g/mol. The van der Waals surface area contributed by atoms with Crippen molar-refractivity contribution in [3.8, 4) is 5.75 Å². The van der Waals surface area contributed by atoms with Crippen LogP contribution in [0.1, 0.15) is 50.6 Å². The SMILES string of the molecule is O=C1c2cccc3cccc(c23)C12N1CCCC1[C@@H](c1ccc(Cl)cc1)[C@@]21COc2ccccc2C1=O. The minimum atomic E-state index is -1.13. The number of hydrogen-bond acceptors (Lipinski definition) is 4. The van der Waals surface area contributed by atoms with Crippen LogP contribution in [0.15, 0.2) is 84.9 Å². The highest BCUT2D eigenvalue weighted by Gasteiger charge is 2.78. The molecule has 2 fully saturated rings. The van der Waals surface area contributed by atoms with Crippen molar-refractivity contribution in [1.29, 1.82) is 0 Å². The highest BCUT2D eigenvalue weighted by Crippen LogP contribution is 2.69. The van der Waals surface area contributed by atoms with Crippen molar-refractivity contribution in [2.75, 3.05) is 13.2 Å². The number of nitrogens with zero attached hydrogens (tertiary/aromatic N) is 1. The number of Topliss-reactive ketones (excluding diaryl/α,β-unsaturated/α-hetero) is 2. The molecule has 2 spiro atoms. The zero-order valence-electron chi connectivity index (χ0n) is 20.1. The van der Waals surface area contributed by atoms with Crippen molar-refractivity contribution in [3.05, 3.63) is 112 Å². The molecule has 3 aliphatic heterocycles. The maximum absolute atomic E-state index is 15.0. The number of halogens is 1. The van der Waals surface area contributed by atoms with Crippen molar-refractivity contribution in [2.45, 2.75) is 30.3 Å². The molecule has 5 heteroatoms. The Bertz CT molecular complexity index is 1640. The molecule has 0 radical (unpaired) electrons. The maximum Gasteiger partial charge on any atom is 0.189 e. The Morgan fingerprint density at radius 1 is 0.838 bits per heavy atom. The van der Waals surface area contributed by atoms with Gasteiger partial charge >= 0.3 is 0 Å². The highest BCUT2D eigenvalue weighted by atomic mass is 35.5. The molecule has 4 atom stereocenters. The molecule has 0 bridgehead atoms. The van der Waals surface area contributed by atoms with E-state index in [1.807, 2.05) is 66.7 Å². The van der Waals surface area contributed by atoms with Gasteiger partial charge in [-0.15, -0.1) is 0 Å². The Labute approximate surface area is 219 Å². The van der Waals surface area contributed by atoms with Gasteiger partial charge < -0.3 is 4.74 Å². The van der Waals surface area contributed by atoms with Crippen LogP contribution in [0.3, 0.4) is 0 Å². The normalized spacial score (nSPS) is 29.8. The Kier molecular flexibility index (Phi) is 4.27. The van der Waals surface area contributed by atoms with Crippen LogP contribution in [0.25, 0.3) is 10.8 Å². The predicted octanol–water partition coefficient (Wildman–Crippen LogP) is 6.41. The summed E-state index contributed by atoms with van der Waals surface area (Å²) in [6.45, 7) is 0.917. The van der Waals surface area contributed by atoms with E-state index >= 15 is 4.79 Å². The first-order valence-electron chi connectivity index (χ1n) is 12.9. The van der Waals surface area contributed by atoms with E-state index in [0.29, 0.717) is 21.9 Å². The first-order chi connectivity index (χ1) is 18.1. The largest absolute Gasteiger partial charge is 0.492 e. The van der Waals surface area contributed by atoms with Crippen LogP contribution in [0.2, 0.25) is 5.02 Å². The van der Waals surface area contributed by atoms with E-state index in [1.54, 1.807) is 0 Å². The van der Waals surface area contributed by atoms with Crippen LogP contribution >= 0.6 is 11.6 Å². The number of fused-ring (bicyclic) bond motifs is 5. The van der Waals surface area contributed by atoms with Gasteiger partial charge in [0, 0.05) is 22.5 Å².